The van der Waals surface area contributed by atoms with Crippen LogP contribution in [0.25, 0.3) is 0 Å². The quantitative estimate of drug-likeness (QED) is 0.434. The van der Waals surface area contributed by atoms with Crippen LogP contribution < -0.4 is 22.1 Å². The van der Waals surface area contributed by atoms with Gasteiger partial charge < -0.3 is 27.2 Å². The summed E-state index contributed by atoms with van der Waals surface area (Å²) in [6, 6.07) is 4.65. The van der Waals surface area contributed by atoms with Gasteiger partial charge in [0.15, 0.2) is 5.96 Å². The minimum absolute atomic E-state index is 0.115. The lowest BCUT2D eigenvalue weighted by atomic mass is 10.1. The van der Waals surface area contributed by atoms with E-state index in [1.54, 1.807) is 31.1 Å². The van der Waals surface area contributed by atoms with Gasteiger partial charge in [0.25, 0.3) is 0 Å². The smallest absolute Gasteiger partial charge is 0.337 e. The number of aromatic carboxylic acids is 1. The van der Waals surface area contributed by atoms with E-state index < -0.39 is 5.97 Å². The summed E-state index contributed by atoms with van der Waals surface area (Å²) in [6.07, 6.45) is 0. The van der Waals surface area contributed by atoms with E-state index in [1.807, 2.05) is 0 Å². The molecule has 1 aromatic rings. The average Bonchev–Trinajstić information content (AvgIpc) is 2.27. The first-order chi connectivity index (χ1) is 8.81. The van der Waals surface area contributed by atoms with Gasteiger partial charge in [0.2, 0.25) is 5.96 Å². The molecule has 0 saturated heterocycles. The van der Waals surface area contributed by atoms with Gasteiger partial charge in [0.05, 0.1) is 16.9 Å². The summed E-state index contributed by atoms with van der Waals surface area (Å²) in [6.45, 7) is 0. The number of hydrogen-bond donors (Lipinski definition) is 4. The third-order valence-electron chi connectivity index (χ3n) is 2.18. The highest BCUT2D eigenvalue weighted by atomic mass is 16.4. The monoisotopic (exact) mass is 264 g/mol. The molecule has 1 aromatic carbocycles. The van der Waals surface area contributed by atoms with Gasteiger partial charge in [-0.3, -0.25) is 0 Å². The summed E-state index contributed by atoms with van der Waals surface area (Å²) >= 11 is 0. The van der Waals surface area contributed by atoms with E-state index in [4.69, 9.17) is 22.3 Å². The maximum absolute atomic E-state index is 11.2. The molecular weight excluding hydrogens is 248 g/mol. The van der Waals surface area contributed by atoms with E-state index in [-0.39, 0.29) is 17.5 Å². The standard InChI is InChI=1S/C11H16N6O2/c1-17(2)8-4-3-6(5-7(8)9(18)19)15-11(14)16-10(12)13/h3-5H,1-2H3,(H,18,19)(H6,12,13,14,15,16). The molecule has 0 heterocycles. The maximum Gasteiger partial charge on any atom is 0.337 e. The van der Waals surface area contributed by atoms with Crippen LogP contribution in [0.15, 0.2) is 28.2 Å². The van der Waals surface area contributed by atoms with Crippen LogP contribution >= 0.6 is 0 Å². The summed E-state index contributed by atoms with van der Waals surface area (Å²) in [5, 5.41) is 9.14. The lowest BCUT2D eigenvalue weighted by molar-refractivity contribution is 0.0697. The first-order valence-electron chi connectivity index (χ1n) is 5.29. The summed E-state index contributed by atoms with van der Waals surface area (Å²) in [5.74, 6) is -1.42. The number of anilines is 1. The molecule has 0 aliphatic carbocycles. The van der Waals surface area contributed by atoms with Gasteiger partial charge in [0, 0.05) is 14.1 Å². The Labute approximate surface area is 110 Å². The summed E-state index contributed by atoms with van der Waals surface area (Å²) < 4.78 is 0. The number of nitrogens with two attached hydrogens (primary N) is 3. The Kier molecular flexibility index (Phi) is 4.30. The SMILES string of the molecule is CN(C)c1ccc(N=C(N)N=C(N)N)cc1C(=O)O. The molecule has 0 spiro atoms. The second kappa shape index (κ2) is 5.71. The number of hydrogen-bond acceptors (Lipinski definition) is 3. The van der Waals surface area contributed by atoms with E-state index in [0.29, 0.717) is 11.4 Å². The number of guanidine groups is 2. The maximum atomic E-state index is 11.2. The first-order valence-corrected chi connectivity index (χ1v) is 5.29. The molecule has 102 valence electrons. The molecule has 0 atom stereocenters. The topological polar surface area (TPSA) is 143 Å². The number of nitrogens with zero attached hydrogens (tertiary/aromatic N) is 3. The molecule has 8 nitrogen and oxygen atoms in total. The Hall–Kier alpha value is -2.77. The van der Waals surface area contributed by atoms with Gasteiger partial charge >= 0.3 is 5.97 Å². The number of benzene rings is 1. The van der Waals surface area contributed by atoms with E-state index in [9.17, 15) is 4.79 Å². The van der Waals surface area contributed by atoms with Gasteiger partial charge in [-0.05, 0) is 18.2 Å². The zero-order valence-electron chi connectivity index (χ0n) is 10.7. The van der Waals surface area contributed by atoms with Gasteiger partial charge in [-0.1, -0.05) is 0 Å². The van der Waals surface area contributed by atoms with E-state index in [0.717, 1.165) is 0 Å². The largest absolute Gasteiger partial charge is 0.478 e. The molecule has 0 bridgehead atoms. The van der Waals surface area contributed by atoms with Crippen molar-refractivity contribution in [2.45, 2.75) is 0 Å². The van der Waals surface area contributed by atoms with Crippen LogP contribution in [0.4, 0.5) is 11.4 Å². The van der Waals surface area contributed by atoms with E-state index >= 15 is 0 Å². The highest BCUT2D eigenvalue weighted by Gasteiger charge is 2.12. The fraction of sp³-hybridized carbons (Fsp3) is 0.182. The number of carboxylic acid groups (broad SMARTS) is 1. The van der Waals surface area contributed by atoms with Crippen LogP contribution in [0.2, 0.25) is 0 Å². The fourth-order valence-corrected chi connectivity index (χ4v) is 1.44. The van der Waals surface area contributed by atoms with Crippen LogP contribution in [0.1, 0.15) is 10.4 Å². The second-order valence-corrected chi connectivity index (χ2v) is 3.91. The molecule has 8 heteroatoms. The van der Waals surface area contributed by atoms with E-state index in [1.165, 1.54) is 6.07 Å². The zero-order valence-corrected chi connectivity index (χ0v) is 10.7. The Morgan fingerprint density at radius 1 is 1.26 bits per heavy atom. The second-order valence-electron chi connectivity index (χ2n) is 3.91. The minimum atomic E-state index is -1.05. The molecule has 1 rings (SSSR count). The van der Waals surface area contributed by atoms with Crippen LogP contribution in [0.5, 0.6) is 0 Å². The van der Waals surface area contributed by atoms with Crippen LogP contribution in [0, 0.1) is 0 Å². The summed E-state index contributed by atoms with van der Waals surface area (Å²) in [7, 11) is 3.50. The normalized spacial score (nSPS) is 10.9. The molecule has 0 amide bonds. The minimum Gasteiger partial charge on any atom is -0.478 e. The molecule has 0 aliphatic rings. The lowest BCUT2D eigenvalue weighted by Crippen LogP contribution is -2.26. The van der Waals surface area contributed by atoms with Crippen LogP contribution in [-0.2, 0) is 0 Å². The van der Waals surface area contributed by atoms with Crippen molar-refractivity contribution in [1.29, 1.82) is 0 Å². The van der Waals surface area contributed by atoms with Crippen molar-refractivity contribution in [3.05, 3.63) is 23.8 Å². The number of rotatable bonds is 3. The van der Waals surface area contributed by atoms with Gasteiger partial charge in [-0.15, -0.1) is 0 Å². The molecule has 7 N–H and O–H groups in total. The van der Waals surface area contributed by atoms with Crippen molar-refractivity contribution in [3.63, 3.8) is 0 Å². The highest BCUT2D eigenvalue weighted by molar-refractivity contribution is 5.97. The fourth-order valence-electron chi connectivity index (χ4n) is 1.44. The molecule has 0 unspecified atom stereocenters. The van der Waals surface area contributed by atoms with Crippen molar-refractivity contribution in [3.8, 4) is 0 Å². The van der Waals surface area contributed by atoms with Crippen molar-refractivity contribution >= 4 is 29.3 Å². The van der Waals surface area contributed by atoms with Crippen molar-refractivity contribution in [2.24, 2.45) is 27.2 Å². The number of carbonyl (C=O) groups is 1. The Bertz CT molecular complexity index is 546. The van der Waals surface area contributed by atoms with Gasteiger partial charge in [-0.2, -0.15) is 4.99 Å². The Morgan fingerprint density at radius 3 is 2.37 bits per heavy atom. The molecule has 0 saturated carbocycles. The van der Waals surface area contributed by atoms with Crippen molar-refractivity contribution < 1.29 is 9.90 Å². The predicted molar refractivity (Wildman–Crippen MR) is 74.8 cm³/mol. The third-order valence-corrected chi connectivity index (χ3v) is 2.18. The Balaban J connectivity index is 3.23. The molecule has 0 aromatic heterocycles. The van der Waals surface area contributed by atoms with Crippen molar-refractivity contribution in [2.75, 3.05) is 19.0 Å². The zero-order chi connectivity index (χ0) is 14.6. The summed E-state index contributed by atoms with van der Waals surface area (Å²) in [5.41, 5.74) is 16.8. The Morgan fingerprint density at radius 2 is 1.89 bits per heavy atom. The van der Waals surface area contributed by atoms with Gasteiger partial charge in [0.1, 0.15) is 0 Å². The molecule has 0 fully saturated rings. The molecule has 0 aliphatic heterocycles. The molecule has 0 radical (unpaired) electrons. The molecule has 19 heavy (non-hydrogen) atoms. The lowest BCUT2D eigenvalue weighted by Gasteiger charge is -2.15. The first kappa shape index (κ1) is 14.3. The third kappa shape index (κ3) is 3.87. The molecular formula is C11H16N6O2. The van der Waals surface area contributed by atoms with Gasteiger partial charge in [-0.25, -0.2) is 9.79 Å². The summed E-state index contributed by atoms with van der Waals surface area (Å²) in [4.78, 5) is 20.3. The number of carboxylic acids is 1. The average molecular weight is 264 g/mol. The van der Waals surface area contributed by atoms with Crippen LogP contribution in [-0.4, -0.2) is 37.1 Å². The number of aliphatic imine (C=N–C) groups is 2. The highest BCUT2D eigenvalue weighted by Crippen LogP contribution is 2.24. The predicted octanol–water partition coefficient (Wildman–Crippen LogP) is -0.330. The van der Waals surface area contributed by atoms with Crippen molar-refractivity contribution in [1.82, 2.24) is 0 Å². The van der Waals surface area contributed by atoms with Crippen LogP contribution in [0.3, 0.4) is 0 Å². The van der Waals surface area contributed by atoms with E-state index in [2.05, 4.69) is 9.98 Å².